The summed E-state index contributed by atoms with van der Waals surface area (Å²) >= 11 is 3.44. The molecule has 114 valence electrons. The van der Waals surface area contributed by atoms with Crippen LogP contribution in [0.25, 0.3) is 0 Å². The Kier molecular flexibility index (Phi) is 7.84. The van der Waals surface area contributed by atoms with Gasteiger partial charge in [-0.3, -0.25) is 4.79 Å². The zero-order valence-corrected chi connectivity index (χ0v) is 13.8. The lowest BCUT2D eigenvalue weighted by Crippen LogP contribution is -2.11. The summed E-state index contributed by atoms with van der Waals surface area (Å²) in [6.07, 6.45) is 4.06. The fourth-order valence-electron chi connectivity index (χ4n) is 2.31. The molecule has 21 heavy (non-hydrogen) atoms. The van der Waals surface area contributed by atoms with E-state index in [1.54, 1.807) is 12.1 Å². The van der Waals surface area contributed by atoms with Crippen LogP contribution in [0.2, 0.25) is 0 Å². The van der Waals surface area contributed by atoms with Crippen LogP contribution < -0.4 is 5.32 Å². The van der Waals surface area contributed by atoms with Crippen molar-refractivity contribution < 1.29 is 9.90 Å². The summed E-state index contributed by atoms with van der Waals surface area (Å²) in [5, 5.41) is 20.9. The van der Waals surface area contributed by atoms with Crippen molar-refractivity contribution >= 4 is 27.6 Å². The van der Waals surface area contributed by atoms with E-state index in [1.165, 1.54) is 0 Å². The predicted molar refractivity (Wildman–Crippen MR) is 87.2 cm³/mol. The fraction of sp³-hybridized carbons (Fsp3) is 0.500. The van der Waals surface area contributed by atoms with Gasteiger partial charge in [-0.05, 0) is 52.9 Å². The van der Waals surface area contributed by atoms with Gasteiger partial charge in [-0.1, -0.05) is 19.8 Å². The molecule has 0 amide bonds. The molecule has 1 atom stereocenters. The SMILES string of the molecule is CCCC(CCNc1ccc(C#N)cc1Br)CCC(=O)O. The molecule has 0 saturated carbocycles. The summed E-state index contributed by atoms with van der Waals surface area (Å²) in [6, 6.07) is 7.55. The minimum Gasteiger partial charge on any atom is -0.481 e. The van der Waals surface area contributed by atoms with Gasteiger partial charge in [-0.15, -0.1) is 0 Å². The number of aliphatic carboxylic acids is 1. The number of nitrogens with zero attached hydrogens (tertiary/aromatic N) is 1. The van der Waals surface area contributed by atoms with Gasteiger partial charge in [-0.2, -0.15) is 5.26 Å². The normalized spacial score (nSPS) is 11.7. The molecule has 0 radical (unpaired) electrons. The van der Waals surface area contributed by atoms with Crippen molar-refractivity contribution in [3.05, 3.63) is 28.2 Å². The van der Waals surface area contributed by atoms with E-state index in [1.807, 2.05) is 6.07 Å². The lowest BCUT2D eigenvalue weighted by atomic mass is 9.94. The van der Waals surface area contributed by atoms with Crippen molar-refractivity contribution in [1.82, 2.24) is 0 Å². The second-order valence-electron chi connectivity index (χ2n) is 5.11. The Bertz CT molecular complexity index is 511. The van der Waals surface area contributed by atoms with Crippen LogP contribution in [0, 0.1) is 17.2 Å². The van der Waals surface area contributed by atoms with Gasteiger partial charge in [0.15, 0.2) is 0 Å². The molecule has 1 unspecified atom stereocenters. The molecule has 5 heteroatoms. The first-order valence-corrected chi connectivity index (χ1v) is 8.01. The average Bonchev–Trinajstić information content (AvgIpc) is 2.46. The molecular weight excluding hydrogens is 332 g/mol. The minimum absolute atomic E-state index is 0.241. The van der Waals surface area contributed by atoms with Gasteiger partial charge in [0.1, 0.15) is 0 Å². The zero-order valence-electron chi connectivity index (χ0n) is 12.2. The first kappa shape index (κ1) is 17.5. The zero-order chi connectivity index (χ0) is 15.7. The molecule has 1 aromatic carbocycles. The van der Waals surface area contributed by atoms with Crippen molar-refractivity contribution in [3.63, 3.8) is 0 Å². The molecule has 0 heterocycles. The number of hydrogen-bond acceptors (Lipinski definition) is 3. The Balaban J connectivity index is 2.46. The molecule has 0 fully saturated rings. The third-order valence-corrected chi connectivity index (χ3v) is 4.09. The maximum Gasteiger partial charge on any atom is 0.303 e. The Morgan fingerprint density at radius 3 is 2.76 bits per heavy atom. The number of nitrogens with one attached hydrogen (secondary N) is 1. The summed E-state index contributed by atoms with van der Waals surface area (Å²) in [4.78, 5) is 10.7. The summed E-state index contributed by atoms with van der Waals surface area (Å²) < 4.78 is 0.874. The Morgan fingerprint density at radius 2 is 2.19 bits per heavy atom. The molecular formula is C16H21BrN2O2. The maximum atomic E-state index is 10.7. The average molecular weight is 353 g/mol. The maximum absolute atomic E-state index is 10.7. The van der Waals surface area contributed by atoms with Crippen LogP contribution in [0.3, 0.4) is 0 Å². The van der Waals surface area contributed by atoms with E-state index in [0.717, 1.165) is 42.4 Å². The molecule has 2 N–H and O–H groups in total. The highest BCUT2D eigenvalue weighted by Gasteiger charge is 2.10. The lowest BCUT2D eigenvalue weighted by molar-refractivity contribution is -0.137. The monoisotopic (exact) mass is 352 g/mol. The molecule has 0 saturated heterocycles. The lowest BCUT2D eigenvalue weighted by Gasteiger charge is -2.16. The molecule has 0 aliphatic heterocycles. The standard InChI is InChI=1S/C16H21BrN2O2/c1-2-3-12(5-7-16(20)21)8-9-19-15-6-4-13(11-18)10-14(15)17/h4,6,10,12,19H,2-3,5,7-9H2,1H3,(H,20,21). The van der Waals surface area contributed by atoms with Gasteiger partial charge < -0.3 is 10.4 Å². The highest BCUT2D eigenvalue weighted by atomic mass is 79.9. The van der Waals surface area contributed by atoms with Gasteiger partial charge in [0.25, 0.3) is 0 Å². The van der Waals surface area contributed by atoms with Crippen LogP contribution in [0.1, 0.15) is 44.6 Å². The second-order valence-corrected chi connectivity index (χ2v) is 5.96. The number of hydrogen-bond donors (Lipinski definition) is 2. The number of benzene rings is 1. The second kappa shape index (κ2) is 9.41. The Morgan fingerprint density at radius 1 is 1.43 bits per heavy atom. The molecule has 0 aliphatic rings. The van der Waals surface area contributed by atoms with Crippen LogP contribution in [0.15, 0.2) is 22.7 Å². The van der Waals surface area contributed by atoms with Crippen LogP contribution in [0.4, 0.5) is 5.69 Å². The highest BCUT2D eigenvalue weighted by Crippen LogP contribution is 2.24. The first-order chi connectivity index (χ1) is 10.1. The van der Waals surface area contributed by atoms with Crippen molar-refractivity contribution in [2.75, 3.05) is 11.9 Å². The molecule has 0 aromatic heterocycles. The molecule has 0 aliphatic carbocycles. The van der Waals surface area contributed by atoms with E-state index in [-0.39, 0.29) is 6.42 Å². The number of halogens is 1. The van der Waals surface area contributed by atoms with Gasteiger partial charge in [-0.25, -0.2) is 0 Å². The molecule has 1 rings (SSSR count). The van der Waals surface area contributed by atoms with Crippen LogP contribution in [0.5, 0.6) is 0 Å². The summed E-state index contributed by atoms with van der Waals surface area (Å²) in [7, 11) is 0. The third kappa shape index (κ3) is 6.63. The predicted octanol–water partition coefficient (Wildman–Crippen LogP) is 4.40. The summed E-state index contributed by atoms with van der Waals surface area (Å²) in [5.74, 6) is -0.283. The smallest absolute Gasteiger partial charge is 0.303 e. The van der Waals surface area contributed by atoms with E-state index in [0.29, 0.717) is 11.5 Å². The van der Waals surface area contributed by atoms with Crippen molar-refractivity contribution in [2.24, 2.45) is 5.92 Å². The minimum atomic E-state index is -0.723. The molecule has 0 spiro atoms. The molecule has 1 aromatic rings. The van der Waals surface area contributed by atoms with E-state index in [2.05, 4.69) is 34.2 Å². The number of anilines is 1. The van der Waals surface area contributed by atoms with Gasteiger partial charge in [0, 0.05) is 23.1 Å². The van der Waals surface area contributed by atoms with Crippen molar-refractivity contribution in [1.29, 1.82) is 5.26 Å². The third-order valence-electron chi connectivity index (χ3n) is 3.43. The number of carbonyl (C=O) groups is 1. The number of carboxylic acid groups (broad SMARTS) is 1. The van der Waals surface area contributed by atoms with Gasteiger partial charge in [0.05, 0.1) is 11.6 Å². The van der Waals surface area contributed by atoms with Crippen LogP contribution in [-0.2, 0) is 4.79 Å². The highest BCUT2D eigenvalue weighted by molar-refractivity contribution is 9.10. The van der Waals surface area contributed by atoms with Crippen molar-refractivity contribution in [3.8, 4) is 6.07 Å². The molecule has 0 bridgehead atoms. The largest absolute Gasteiger partial charge is 0.481 e. The topological polar surface area (TPSA) is 73.1 Å². The Labute approximate surface area is 134 Å². The first-order valence-electron chi connectivity index (χ1n) is 7.22. The van der Waals surface area contributed by atoms with Crippen LogP contribution in [-0.4, -0.2) is 17.6 Å². The van der Waals surface area contributed by atoms with Gasteiger partial charge in [0.2, 0.25) is 0 Å². The van der Waals surface area contributed by atoms with E-state index >= 15 is 0 Å². The number of rotatable bonds is 9. The van der Waals surface area contributed by atoms with Gasteiger partial charge >= 0.3 is 5.97 Å². The summed E-state index contributed by atoms with van der Waals surface area (Å²) in [6.45, 7) is 2.92. The number of nitriles is 1. The van der Waals surface area contributed by atoms with E-state index in [9.17, 15) is 4.79 Å². The fourth-order valence-corrected chi connectivity index (χ4v) is 2.83. The van der Waals surface area contributed by atoms with E-state index in [4.69, 9.17) is 10.4 Å². The van der Waals surface area contributed by atoms with Crippen molar-refractivity contribution in [2.45, 2.75) is 39.0 Å². The quantitative estimate of drug-likeness (QED) is 0.690. The summed E-state index contributed by atoms with van der Waals surface area (Å²) in [5.41, 5.74) is 1.58. The van der Waals surface area contributed by atoms with E-state index < -0.39 is 5.97 Å². The number of carboxylic acids is 1. The van der Waals surface area contributed by atoms with Crippen LogP contribution >= 0.6 is 15.9 Å². The Hall–Kier alpha value is -1.54. The molecule has 4 nitrogen and oxygen atoms in total.